The van der Waals surface area contributed by atoms with E-state index in [0.29, 0.717) is 0 Å². The first-order valence-electron chi connectivity index (χ1n) is 8.45. The Bertz CT molecular complexity index is 831. The molecule has 0 aromatic heterocycles. The van der Waals surface area contributed by atoms with Crippen LogP contribution in [0.5, 0.6) is 5.75 Å². The molecule has 0 fully saturated rings. The van der Waals surface area contributed by atoms with E-state index in [9.17, 15) is 0 Å². The number of aryl methyl sites for hydroxylation is 1. The fourth-order valence-corrected chi connectivity index (χ4v) is 2.80. The lowest BCUT2D eigenvalue weighted by atomic mass is 10.1. The third-order valence-electron chi connectivity index (χ3n) is 4.13. The summed E-state index contributed by atoms with van der Waals surface area (Å²) in [4.78, 5) is 2.25. The van der Waals surface area contributed by atoms with Crippen LogP contribution < -0.4 is 9.64 Å². The van der Waals surface area contributed by atoms with E-state index in [1.165, 1.54) is 11.1 Å². The lowest BCUT2D eigenvalue weighted by Crippen LogP contribution is -2.09. The molecule has 25 heavy (non-hydrogen) atoms. The van der Waals surface area contributed by atoms with E-state index >= 15 is 0 Å². The van der Waals surface area contributed by atoms with Crippen LogP contribution in [0.1, 0.15) is 18.1 Å². The Hall–Kier alpha value is -3.00. The van der Waals surface area contributed by atoms with Gasteiger partial charge in [-0.05, 0) is 67.9 Å². The number of allylic oxidation sites excluding steroid dienone is 1. The molecule has 2 nitrogen and oxygen atoms in total. The maximum Gasteiger partial charge on any atom is 0.119 e. The van der Waals surface area contributed by atoms with Crippen LogP contribution in [0.15, 0.2) is 78.9 Å². The molecule has 0 unspecified atom stereocenters. The van der Waals surface area contributed by atoms with Crippen molar-refractivity contribution >= 4 is 23.1 Å². The van der Waals surface area contributed by atoms with Crippen LogP contribution >= 0.6 is 0 Å². The molecule has 0 saturated carbocycles. The van der Waals surface area contributed by atoms with Crippen LogP contribution in [0, 0.1) is 6.92 Å². The van der Waals surface area contributed by atoms with Crippen LogP contribution in [0.3, 0.4) is 0 Å². The van der Waals surface area contributed by atoms with Gasteiger partial charge < -0.3 is 9.64 Å². The van der Waals surface area contributed by atoms with Gasteiger partial charge in [-0.3, -0.25) is 0 Å². The minimum absolute atomic E-state index is 0.857. The summed E-state index contributed by atoms with van der Waals surface area (Å²) in [6.45, 7) is 4.14. The van der Waals surface area contributed by atoms with Gasteiger partial charge in [0.1, 0.15) is 5.75 Å². The summed E-state index contributed by atoms with van der Waals surface area (Å²) < 4.78 is 5.29. The van der Waals surface area contributed by atoms with Crippen LogP contribution in [0.2, 0.25) is 0 Å². The average Bonchev–Trinajstić information content (AvgIpc) is 2.66. The highest BCUT2D eigenvalue weighted by Crippen LogP contribution is 2.35. The molecule has 3 aromatic rings. The molecule has 0 aliphatic rings. The Balaban J connectivity index is 2.05. The first-order valence-corrected chi connectivity index (χ1v) is 8.45. The molecule has 0 aliphatic carbocycles. The van der Waals surface area contributed by atoms with Crippen molar-refractivity contribution in [2.45, 2.75) is 13.8 Å². The van der Waals surface area contributed by atoms with Crippen molar-refractivity contribution in [2.24, 2.45) is 0 Å². The van der Waals surface area contributed by atoms with E-state index in [2.05, 4.69) is 84.6 Å². The smallest absolute Gasteiger partial charge is 0.119 e. The highest BCUT2D eigenvalue weighted by Gasteiger charge is 2.12. The number of rotatable bonds is 5. The summed E-state index contributed by atoms with van der Waals surface area (Å²) in [5.74, 6) is 0.857. The molecule has 3 rings (SSSR count). The molecule has 0 aliphatic heterocycles. The summed E-state index contributed by atoms with van der Waals surface area (Å²) >= 11 is 0. The van der Waals surface area contributed by atoms with E-state index in [4.69, 9.17) is 4.74 Å². The van der Waals surface area contributed by atoms with Crippen molar-refractivity contribution in [1.82, 2.24) is 0 Å². The molecular formula is C23H23NO. The van der Waals surface area contributed by atoms with Crippen LogP contribution in [-0.2, 0) is 0 Å². The maximum atomic E-state index is 5.29. The molecule has 126 valence electrons. The zero-order chi connectivity index (χ0) is 17.6. The number of hydrogen-bond acceptors (Lipinski definition) is 2. The summed E-state index contributed by atoms with van der Waals surface area (Å²) in [5.41, 5.74) is 5.81. The van der Waals surface area contributed by atoms with E-state index in [1.807, 2.05) is 19.1 Å². The highest BCUT2D eigenvalue weighted by atomic mass is 16.5. The second-order valence-corrected chi connectivity index (χ2v) is 5.96. The molecule has 3 aromatic carbocycles. The average molecular weight is 329 g/mol. The molecule has 0 spiro atoms. The van der Waals surface area contributed by atoms with Gasteiger partial charge in [-0.2, -0.15) is 0 Å². The Labute approximate surface area is 150 Å². The predicted octanol–water partition coefficient (Wildman–Crippen LogP) is 6.51. The van der Waals surface area contributed by atoms with Crippen molar-refractivity contribution in [2.75, 3.05) is 12.0 Å². The van der Waals surface area contributed by atoms with Crippen LogP contribution in [0.25, 0.3) is 6.08 Å². The third-order valence-corrected chi connectivity index (χ3v) is 4.13. The molecule has 2 heteroatoms. The van der Waals surface area contributed by atoms with E-state index < -0.39 is 0 Å². The molecule has 0 saturated heterocycles. The van der Waals surface area contributed by atoms with E-state index in [-0.39, 0.29) is 0 Å². The molecular weight excluding hydrogens is 306 g/mol. The molecule has 0 heterocycles. The van der Waals surface area contributed by atoms with E-state index in [1.54, 1.807) is 7.11 Å². The van der Waals surface area contributed by atoms with Gasteiger partial charge in [-0.25, -0.2) is 0 Å². The molecule has 0 amide bonds. The number of anilines is 3. The van der Waals surface area contributed by atoms with Gasteiger partial charge in [0.25, 0.3) is 0 Å². The van der Waals surface area contributed by atoms with Gasteiger partial charge in [-0.1, -0.05) is 42.0 Å². The lowest BCUT2D eigenvalue weighted by Gasteiger charge is -2.26. The highest BCUT2D eigenvalue weighted by molar-refractivity contribution is 5.77. The van der Waals surface area contributed by atoms with Gasteiger partial charge in [0, 0.05) is 17.1 Å². The zero-order valence-electron chi connectivity index (χ0n) is 14.9. The number of methoxy groups -OCH3 is 1. The summed E-state index contributed by atoms with van der Waals surface area (Å²) in [6.07, 6.45) is 4.16. The predicted molar refractivity (Wildman–Crippen MR) is 107 cm³/mol. The SMILES string of the molecule is CC=Cc1ccc(N(c2ccc(C)cc2)c2ccc(OC)cc2)cc1. The first-order chi connectivity index (χ1) is 12.2. The molecule has 0 N–H and O–H groups in total. The number of benzene rings is 3. The van der Waals surface area contributed by atoms with Crippen LogP contribution in [-0.4, -0.2) is 7.11 Å². The van der Waals surface area contributed by atoms with Crippen LogP contribution in [0.4, 0.5) is 17.1 Å². The Morgan fingerprint density at radius 2 is 1.20 bits per heavy atom. The molecule has 0 bridgehead atoms. The fourth-order valence-electron chi connectivity index (χ4n) is 2.80. The second kappa shape index (κ2) is 7.71. The third kappa shape index (κ3) is 3.92. The first kappa shape index (κ1) is 16.8. The Morgan fingerprint density at radius 1 is 0.720 bits per heavy atom. The second-order valence-electron chi connectivity index (χ2n) is 5.96. The minimum atomic E-state index is 0.857. The quantitative estimate of drug-likeness (QED) is 0.529. The van der Waals surface area contributed by atoms with Crippen molar-refractivity contribution in [3.05, 3.63) is 90.0 Å². The van der Waals surface area contributed by atoms with E-state index in [0.717, 1.165) is 22.8 Å². The molecule has 0 atom stereocenters. The normalized spacial score (nSPS) is 10.8. The van der Waals surface area contributed by atoms with Gasteiger partial charge in [0.2, 0.25) is 0 Å². The number of hydrogen-bond donors (Lipinski definition) is 0. The topological polar surface area (TPSA) is 12.5 Å². The Kier molecular flexibility index (Phi) is 5.20. The number of ether oxygens (including phenoxy) is 1. The zero-order valence-corrected chi connectivity index (χ0v) is 14.9. The summed E-state index contributed by atoms with van der Waals surface area (Å²) in [5, 5.41) is 0. The summed E-state index contributed by atoms with van der Waals surface area (Å²) in [6, 6.07) is 25.3. The van der Waals surface area contributed by atoms with Crippen molar-refractivity contribution in [3.8, 4) is 5.75 Å². The monoisotopic (exact) mass is 329 g/mol. The van der Waals surface area contributed by atoms with Gasteiger partial charge >= 0.3 is 0 Å². The Morgan fingerprint density at radius 3 is 1.68 bits per heavy atom. The van der Waals surface area contributed by atoms with Gasteiger partial charge in [0.15, 0.2) is 0 Å². The van der Waals surface area contributed by atoms with Crippen molar-refractivity contribution in [3.63, 3.8) is 0 Å². The summed E-state index contributed by atoms with van der Waals surface area (Å²) in [7, 11) is 1.69. The molecule has 0 radical (unpaired) electrons. The fraction of sp³-hybridized carbons (Fsp3) is 0.130. The van der Waals surface area contributed by atoms with Gasteiger partial charge in [-0.15, -0.1) is 0 Å². The largest absolute Gasteiger partial charge is 0.497 e. The standard InChI is InChI=1S/C23H23NO/c1-4-5-19-8-12-21(13-9-19)24(20-10-6-18(2)7-11-20)22-14-16-23(25-3)17-15-22/h4-17H,1-3H3. The minimum Gasteiger partial charge on any atom is -0.497 e. The number of nitrogens with zero attached hydrogens (tertiary/aromatic N) is 1. The lowest BCUT2D eigenvalue weighted by molar-refractivity contribution is 0.415. The van der Waals surface area contributed by atoms with Crippen molar-refractivity contribution in [1.29, 1.82) is 0 Å². The van der Waals surface area contributed by atoms with Crippen molar-refractivity contribution < 1.29 is 4.74 Å². The maximum absolute atomic E-state index is 5.29. The van der Waals surface area contributed by atoms with Gasteiger partial charge in [0.05, 0.1) is 7.11 Å².